The van der Waals surface area contributed by atoms with Crippen molar-refractivity contribution in [2.24, 2.45) is 0 Å². The molecular weight excluding hydrogens is 416 g/mol. The van der Waals surface area contributed by atoms with Gasteiger partial charge in [0.05, 0.1) is 14.3 Å². The van der Waals surface area contributed by atoms with E-state index in [0.29, 0.717) is 19.9 Å². The third-order valence-corrected chi connectivity index (χ3v) is 4.35. The van der Waals surface area contributed by atoms with E-state index in [2.05, 4.69) is 31.9 Å². The number of ketones is 1. The predicted molar refractivity (Wildman–Crippen MR) is 89.4 cm³/mol. The molecule has 110 valence electrons. The number of hydrogen-bond acceptors (Lipinski definition) is 4. The van der Waals surface area contributed by atoms with E-state index in [1.165, 1.54) is 18.2 Å². The molecule has 0 bridgehead atoms. The summed E-state index contributed by atoms with van der Waals surface area (Å²) in [5.41, 5.74) is 0.368. The van der Waals surface area contributed by atoms with Crippen LogP contribution in [0.15, 0.2) is 60.6 Å². The Balaban J connectivity index is 2.15. The number of phenolic OH excluding ortho intramolecular Hbond substituents is 1. The summed E-state index contributed by atoms with van der Waals surface area (Å²) in [4.78, 5) is 24.6. The van der Waals surface area contributed by atoms with Crippen LogP contribution in [0, 0.1) is 0 Å². The van der Waals surface area contributed by atoms with E-state index in [-0.39, 0.29) is 22.5 Å². The summed E-state index contributed by atoms with van der Waals surface area (Å²) in [6.07, 6.45) is 0. The van der Waals surface area contributed by atoms with Crippen molar-refractivity contribution in [3.63, 3.8) is 0 Å². The summed E-state index contributed by atoms with van der Waals surface area (Å²) in [5.74, 6) is -0.492. The van der Waals surface area contributed by atoms with E-state index >= 15 is 0 Å². The molecule has 0 radical (unpaired) electrons. The fourth-order valence-corrected chi connectivity index (χ4v) is 3.24. The van der Waals surface area contributed by atoms with Crippen molar-refractivity contribution in [3.05, 3.63) is 73.0 Å². The van der Waals surface area contributed by atoms with Gasteiger partial charge in [-0.3, -0.25) is 9.59 Å². The molecule has 1 heterocycles. The average Bonchev–Trinajstić information content (AvgIpc) is 2.51. The highest BCUT2D eigenvalue weighted by molar-refractivity contribution is 9.11. The first kappa shape index (κ1) is 15.0. The number of carbonyl (C=O) groups excluding carboxylic acids is 1. The molecule has 1 N–H and O–H groups in total. The van der Waals surface area contributed by atoms with Crippen LogP contribution >= 0.6 is 31.9 Å². The topological polar surface area (TPSA) is 67.5 Å². The number of carbonyl (C=O) groups is 1. The van der Waals surface area contributed by atoms with E-state index in [4.69, 9.17) is 4.42 Å². The van der Waals surface area contributed by atoms with E-state index in [0.717, 1.165) is 0 Å². The van der Waals surface area contributed by atoms with Crippen LogP contribution in [0.25, 0.3) is 11.0 Å². The van der Waals surface area contributed by atoms with Crippen molar-refractivity contribution in [2.45, 2.75) is 0 Å². The molecule has 2 aromatic carbocycles. The molecule has 0 aliphatic carbocycles. The third kappa shape index (κ3) is 2.60. The number of phenols is 1. The summed E-state index contributed by atoms with van der Waals surface area (Å²) < 4.78 is 6.26. The summed E-state index contributed by atoms with van der Waals surface area (Å²) in [6, 6.07) is 10.9. The molecule has 0 aliphatic rings. The van der Waals surface area contributed by atoms with Crippen molar-refractivity contribution in [1.82, 2.24) is 0 Å². The molecule has 0 unspecified atom stereocenters. The molecule has 6 heteroatoms. The van der Waals surface area contributed by atoms with Crippen molar-refractivity contribution in [1.29, 1.82) is 0 Å². The first-order valence-corrected chi connectivity index (χ1v) is 7.81. The summed E-state index contributed by atoms with van der Waals surface area (Å²) in [5, 5.41) is 10.1. The lowest BCUT2D eigenvalue weighted by Crippen LogP contribution is -2.08. The maximum Gasteiger partial charge on any atom is 0.228 e. The lowest BCUT2D eigenvalue weighted by molar-refractivity contribution is 0.101. The Kier molecular flexibility index (Phi) is 3.88. The molecule has 0 fully saturated rings. The first-order valence-electron chi connectivity index (χ1n) is 6.23. The van der Waals surface area contributed by atoms with Crippen LogP contribution in [0.2, 0.25) is 0 Å². The van der Waals surface area contributed by atoms with Gasteiger partial charge >= 0.3 is 0 Å². The Morgan fingerprint density at radius 3 is 2.36 bits per heavy atom. The van der Waals surface area contributed by atoms with Crippen molar-refractivity contribution in [3.8, 4) is 5.75 Å². The smallest absolute Gasteiger partial charge is 0.228 e. The molecule has 0 aliphatic heterocycles. The number of benzene rings is 2. The Labute approximate surface area is 141 Å². The predicted octanol–water partition coefficient (Wildman–Crippen LogP) is 4.25. The molecule has 4 nitrogen and oxygen atoms in total. The molecule has 3 aromatic rings. The van der Waals surface area contributed by atoms with Gasteiger partial charge in [-0.1, -0.05) is 12.1 Å². The van der Waals surface area contributed by atoms with E-state index in [9.17, 15) is 14.7 Å². The van der Waals surface area contributed by atoms with Crippen LogP contribution in [0.4, 0.5) is 0 Å². The van der Waals surface area contributed by atoms with Crippen LogP contribution in [0.3, 0.4) is 0 Å². The maximum atomic E-state index is 12.5. The second-order valence-corrected chi connectivity index (χ2v) is 6.30. The van der Waals surface area contributed by atoms with Crippen molar-refractivity contribution < 1.29 is 14.3 Å². The molecule has 1 aromatic heterocycles. The Bertz CT molecular complexity index is 937. The Morgan fingerprint density at radius 1 is 1.05 bits per heavy atom. The first-order chi connectivity index (χ1) is 10.5. The zero-order chi connectivity index (χ0) is 15.9. The Hall–Kier alpha value is -1.92. The fraction of sp³-hybridized carbons (Fsp3) is 0. The van der Waals surface area contributed by atoms with Gasteiger partial charge < -0.3 is 9.52 Å². The van der Waals surface area contributed by atoms with Gasteiger partial charge in [0.15, 0.2) is 11.2 Å². The lowest BCUT2D eigenvalue weighted by atomic mass is 10.1. The summed E-state index contributed by atoms with van der Waals surface area (Å²) in [6.45, 7) is 0. The van der Waals surface area contributed by atoms with Crippen molar-refractivity contribution in [2.75, 3.05) is 0 Å². The molecule has 0 atom stereocenters. The highest BCUT2D eigenvalue weighted by atomic mass is 79.9. The number of aromatic hydroxyl groups is 1. The van der Waals surface area contributed by atoms with Gasteiger partial charge in [-0.15, -0.1) is 0 Å². The lowest BCUT2D eigenvalue weighted by Gasteiger charge is -2.06. The fourth-order valence-electron chi connectivity index (χ4n) is 2.05. The number of halogens is 2. The number of rotatable bonds is 2. The third-order valence-electron chi connectivity index (χ3n) is 3.14. The van der Waals surface area contributed by atoms with Crippen LogP contribution < -0.4 is 5.43 Å². The zero-order valence-electron chi connectivity index (χ0n) is 11.0. The van der Waals surface area contributed by atoms with Gasteiger partial charge in [-0.25, -0.2) is 0 Å². The molecular formula is C16H8Br2O4. The average molecular weight is 424 g/mol. The van der Waals surface area contributed by atoms with E-state index < -0.39 is 5.78 Å². The minimum absolute atomic E-state index is 0.00323. The largest absolute Gasteiger partial charge is 0.506 e. The minimum atomic E-state index is -0.441. The second kappa shape index (κ2) is 5.70. The molecule has 0 amide bonds. The van der Waals surface area contributed by atoms with Crippen LogP contribution in [-0.2, 0) is 0 Å². The summed E-state index contributed by atoms with van der Waals surface area (Å²) >= 11 is 6.33. The van der Waals surface area contributed by atoms with Gasteiger partial charge in [0.1, 0.15) is 11.3 Å². The molecule has 0 spiro atoms. The van der Waals surface area contributed by atoms with Gasteiger partial charge in [-0.05, 0) is 56.1 Å². The van der Waals surface area contributed by atoms with Crippen LogP contribution in [0.5, 0.6) is 5.75 Å². The molecule has 0 saturated carbocycles. The van der Waals surface area contributed by atoms with E-state index in [1.807, 2.05) is 0 Å². The van der Waals surface area contributed by atoms with Gasteiger partial charge in [0, 0.05) is 11.6 Å². The quantitative estimate of drug-likeness (QED) is 0.625. The Morgan fingerprint density at radius 2 is 1.68 bits per heavy atom. The molecule has 22 heavy (non-hydrogen) atoms. The normalized spacial score (nSPS) is 10.8. The maximum absolute atomic E-state index is 12.5. The number of fused-ring (bicyclic) bond motifs is 1. The number of hydrogen-bond donors (Lipinski definition) is 1. The van der Waals surface area contributed by atoms with Crippen LogP contribution in [0.1, 0.15) is 16.1 Å². The van der Waals surface area contributed by atoms with Crippen molar-refractivity contribution >= 4 is 48.6 Å². The summed E-state index contributed by atoms with van der Waals surface area (Å²) in [7, 11) is 0. The van der Waals surface area contributed by atoms with Crippen LogP contribution in [-0.4, -0.2) is 10.9 Å². The highest BCUT2D eigenvalue weighted by Gasteiger charge is 2.17. The molecule has 0 saturated heterocycles. The van der Waals surface area contributed by atoms with Gasteiger partial charge in [0.2, 0.25) is 5.78 Å². The molecule has 3 rings (SSSR count). The second-order valence-electron chi connectivity index (χ2n) is 4.59. The number of para-hydroxylation sites is 1. The van der Waals surface area contributed by atoms with E-state index in [1.54, 1.807) is 24.3 Å². The monoisotopic (exact) mass is 422 g/mol. The zero-order valence-corrected chi connectivity index (χ0v) is 14.1. The minimum Gasteiger partial charge on any atom is -0.506 e. The van der Waals surface area contributed by atoms with Gasteiger partial charge in [-0.2, -0.15) is 0 Å². The van der Waals surface area contributed by atoms with Gasteiger partial charge in [0.25, 0.3) is 0 Å². The standard InChI is InChI=1S/C16H8Br2O4/c17-10-5-8(6-11(18)16(10)21)15(20)14-7-12(19)9-3-1-2-4-13(9)22-14/h1-7,21H. The SMILES string of the molecule is O=C(c1cc(Br)c(O)c(Br)c1)c1cc(=O)c2ccccc2o1. The highest BCUT2D eigenvalue weighted by Crippen LogP contribution is 2.34.